The zero-order valence-corrected chi connectivity index (χ0v) is 16.8. The molecule has 1 aromatic carbocycles. The van der Waals surface area contributed by atoms with Gasteiger partial charge in [0, 0.05) is 17.0 Å². The van der Waals surface area contributed by atoms with Crippen LogP contribution in [0.3, 0.4) is 0 Å². The number of hydrogen-bond acceptors (Lipinski definition) is 4. The standard InChI is InChI=1S/C20H22F3N3O2S/c1-13-12-29-19(24-13)25-17(27)11-26(16-8-3-2-4-9-16)18(28)14-6-5-7-15(10-14)20(21,22)23/h5-7,10,12,16H,2-4,8-9,11H2,1H3,(H,24,25,27). The van der Waals surface area contributed by atoms with E-state index in [1.165, 1.54) is 28.4 Å². The maximum Gasteiger partial charge on any atom is 0.416 e. The van der Waals surface area contributed by atoms with Crippen molar-refractivity contribution in [1.82, 2.24) is 9.88 Å². The molecule has 0 radical (unpaired) electrons. The number of carbonyl (C=O) groups is 2. The molecule has 0 aliphatic heterocycles. The Morgan fingerprint density at radius 3 is 2.59 bits per heavy atom. The molecule has 0 bridgehead atoms. The second-order valence-corrected chi connectivity index (χ2v) is 8.00. The lowest BCUT2D eigenvalue weighted by Crippen LogP contribution is -2.45. The second-order valence-electron chi connectivity index (χ2n) is 7.15. The summed E-state index contributed by atoms with van der Waals surface area (Å²) < 4.78 is 39.1. The molecule has 1 heterocycles. The summed E-state index contributed by atoms with van der Waals surface area (Å²) in [6.07, 6.45) is -0.184. The highest BCUT2D eigenvalue weighted by atomic mass is 32.1. The van der Waals surface area contributed by atoms with Crippen LogP contribution in [0.15, 0.2) is 29.6 Å². The first-order chi connectivity index (χ1) is 13.7. The average Bonchev–Trinajstić information content (AvgIpc) is 3.10. The molecule has 9 heteroatoms. The number of aryl methyl sites for hydroxylation is 1. The van der Waals surface area contributed by atoms with Gasteiger partial charge in [-0.2, -0.15) is 13.2 Å². The van der Waals surface area contributed by atoms with E-state index in [4.69, 9.17) is 0 Å². The number of nitrogens with zero attached hydrogens (tertiary/aromatic N) is 2. The van der Waals surface area contributed by atoms with Gasteiger partial charge < -0.3 is 10.2 Å². The third-order valence-corrected chi connectivity index (χ3v) is 5.77. The molecule has 1 aromatic heterocycles. The first kappa shape index (κ1) is 21.3. The van der Waals surface area contributed by atoms with Crippen LogP contribution in [0, 0.1) is 6.92 Å². The van der Waals surface area contributed by atoms with Crippen molar-refractivity contribution < 1.29 is 22.8 Å². The molecule has 156 valence electrons. The monoisotopic (exact) mass is 425 g/mol. The number of nitrogens with one attached hydrogen (secondary N) is 1. The summed E-state index contributed by atoms with van der Waals surface area (Å²) in [4.78, 5) is 31.2. The van der Waals surface area contributed by atoms with Crippen molar-refractivity contribution in [2.24, 2.45) is 0 Å². The van der Waals surface area contributed by atoms with Gasteiger partial charge in [0.2, 0.25) is 5.91 Å². The zero-order chi connectivity index (χ0) is 21.0. The topological polar surface area (TPSA) is 62.3 Å². The van der Waals surface area contributed by atoms with E-state index in [2.05, 4.69) is 10.3 Å². The fourth-order valence-electron chi connectivity index (χ4n) is 3.48. The van der Waals surface area contributed by atoms with Gasteiger partial charge in [-0.15, -0.1) is 11.3 Å². The van der Waals surface area contributed by atoms with Crippen LogP contribution in [0.25, 0.3) is 0 Å². The van der Waals surface area contributed by atoms with Crippen LogP contribution in [-0.2, 0) is 11.0 Å². The van der Waals surface area contributed by atoms with E-state index in [9.17, 15) is 22.8 Å². The SMILES string of the molecule is Cc1csc(NC(=O)CN(C(=O)c2cccc(C(F)(F)F)c2)C2CCCCC2)n1. The molecule has 0 spiro atoms. The van der Waals surface area contributed by atoms with Crippen LogP contribution < -0.4 is 5.32 Å². The van der Waals surface area contributed by atoms with Crippen molar-refractivity contribution in [2.45, 2.75) is 51.2 Å². The van der Waals surface area contributed by atoms with E-state index in [1.54, 1.807) is 12.3 Å². The Bertz CT molecular complexity index is 876. The largest absolute Gasteiger partial charge is 0.416 e. The predicted octanol–water partition coefficient (Wildman–Crippen LogP) is 4.88. The molecule has 1 fully saturated rings. The summed E-state index contributed by atoms with van der Waals surface area (Å²) in [5, 5.41) is 4.90. The predicted molar refractivity (Wildman–Crippen MR) is 105 cm³/mol. The minimum atomic E-state index is -4.54. The first-order valence-electron chi connectivity index (χ1n) is 9.44. The Morgan fingerprint density at radius 2 is 1.97 bits per heavy atom. The Hall–Kier alpha value is -2.42. The first-order valence-corrected chi connectivity index (χ1v) is 10.3. The molecule has 0 unspecified atom stereocenters. The molecular weight excluding hydrogens is 403 g/mol. The number of anilines is 1. The van der Waals surface area contributed by atoms with E-state index in [0.717, 1.165) is 49.9 Å². The Kier molecular flexibility index (Phi) is 6.56. The van der Waals surface area contributed by atoms with E-state index in [-0.39, 0.29) is 18.2 Å². The third kappa shape index (κ3) is 5.56. The highest BCUT2D eigenvalue weighted by molar-refractivity contribution is 7.13. The summed E-state index contributed by atoms with van der Waals surface area (Å²) in [7, 11) is 0. The number of amides is 2. The Labute approximate surface area is 170 Å². The van der Waals surface area contributed by atoms with Crippen molar-refractivity contribution in [3.63, 3.8) is 0 Å². The molecule has 1 aliphatic rings. The molecular formula is C20H22F3N3O2S. The molecule has 5 nitrogen and oxygen atoms in total. The van der Waals surface area contributed by atoms with Gasteiger partial charge in [-0.1, -0.05) is 25.3 Å². The second kappa shape index (κ2) is 8.94. The molecule has 2 amide bonds. The van der Waals surface area contributed by atoms with E-state index >= 15 is 0 Å². The highest BCUT2D eigenvalue weighted by Crippen LogP contribution is 2.30. The van der Waals surface area contributed by atoms with Gasteiger partial charge in [-0.25, -0.2) is 4.98 Å². The Balaban J connectivity index is 1.81. The van der Waals surface area contributed by atoms with Crippen LogP contribution in [0.5, 0.6) is 0 Å². The van der Waals surface area contributed by atoms with Crippen molar-refractivity contribution in [1.29, 1.82) is 0 Å². The highest BCUT2D eigenvalue weighted by Gasteiger charge is 2.33. The van der Waals surface area contributed by atoms with E-state index < -0.39 is 23.6 Å². The molecule has 29 heavy (non-hydrogen) atoms. The number of alkyl halides is 3. The van der Waals surface area contributed by atoms with Gasteiger partial charge in [-0.05, 0) is 38.0 Å². The van der Waals surface area contributed by atoms with E-state index in [1.807, 2.05) is 0 Å². The summed E-state index contributed by atoms with van der Waals surface area (Å²) in [5.41, 5.74) is -0.174. The van der Waals surface area contributed by atoms with Crippen LogP contribution in [0.1, 0.15) is 53.7 Å². The van der Waals surface area contributed by atoms with Gasteiger partial charge in [-0.3, -0.25) is 9.59 Å². The summed E-state index contributed by atoms with van der Waals surface area (Å²) >= 11 is 1.28. The average molecular weight is 425 g/mol. The normalized spacial score (nSPS) is 15.2. The lowest BCUT2D eigenvalue weighted by Gasteiger charge is -2.34. The van der Waals surface area contributed by atoms with Crippen LogP contribution in [0.2, 0.25) is 0 Å². The number of carbonyl (C=O) groups excluding carboxylic acids is 2. The molecule has 1 N–H and O–H groups in total. The molecule has 2 aromatic rings. The fraction of sp³-hybridized carbons (Fsp3) is 0.450. The Morgan fingerprint density at radius 1 is 1.24 bits per heavy atom. The van der Waals surface area contributed by atoms with Crippen molar-refractivity contribution >= 4 is 28.3 Å². The number of thiazole rings is 1. The van der Waals surface area contributed by atoms with E-state index in [0.29, 0.717) is 5.13 Å². The quantitative estimate of drug-likeness (QED) is 0.742. The van der Waals surface area contributed by atoms with Crippen LogP contribution in [-0.4, -0.2) is 34.3 Å². The number of rotatable bonds is 5. The lowest BCUT2D eigenvalue weighted by atomic mass is 9.93. The van der Waals surface area contributed by atoms with Crippen molar-refractivity contribution in [3.05, 3.63) is 46.5 Å². The van der Waals surface area contributed by atoms with Crippen LogP contribution in [0.4, 0.5) is 18.3 Å². The minimum Gasteiger partial charge on any atom is -0.326 e. The summed E-state index contributed by atoms with van der Waals surface area (Å²) in [5.74, 6) is -0.973. The number of halogens is 3. The van der Waals surface area contributed by atoms with Crippen LogP contribution >= 0.6 is 11.3 Å². The number of hydrogen-bond donors (Lipinski definition) is 1. The molecule has 1 aliphatic carbocycles. The van der Waals surface area contributed by atoms with Gasteiger partial charge >= 0.3 is 6.18 Å². The number of benzene rings is 1. The summed E-state index contributed by atoms with van der Waals surface area (Å²) in [6, 6.07) is 4.18. The maximum absolute atomic E-state index is 13.1. The lowest BCUT2D eigenvalue weighted by molar-refractivity contribution is -0.137. The number of aromatic nitrogens is 1. The van der Waals surface area contributed by atoms with Gasteiger partial charge in [0.25, 0.3) is 5.91 Å². The van der Waals surface area contributed by atoms with Gasteiger partial charge in [0.05, 0.1) is 11.3 Å². The fourth-order valence-corrected chi connectivity index (χ4v) is 4.18. The molecule has 0 saturated heterocycles. The van der Waals surface area contributed by atoms with Crippen molar-refractivity contribution in [2.75, 3.05) is 11.9 Å². The van der Waals surface area contributed by atoms with Crippen molar-refractivity contribution in [3.8, 4) is 0 Å². The third-order valence-electron chi connectivity index (χ3n) is 4.89. The zero-order valence-electron chi connectivity index (χ0n) is 16.0. The van der Waals surface area contributed by atoms with Gasteiger partial charge in [0.1, 0.15) is 6.54 Å². The maximum atomic E-state index is 13.1. The molecule has 1 saturated carbocycles. The molecule has 0 atom stereocenters. The van der Waals surface area contributed by atoms with Gasteiger partial charge in [0.15, 0.2) is 5.13 Å². The smallest absolute Gasteiger partial charge is 0.326 e. The minimum absolute atomic E-state index is 0.0664. The molecule has 3 rings (SSSR count). The summed E-state index contributed by atoms with van der Waals surface area (Å²) in [6.45, 7) is 1.58.